The van der Waals surface area contributed by atoms with Gasteiger partial charge in [-0.3, -0.25) is 9.36 Å². The van der Waals surface area contributed by atoms with E-state index < -0.39 is 0 Å². The Hall–Kier alpha value is -3.15. The molecule has 1 aliphatic heterocycles. The predicted octanol–water partition coefficient (Wildman–Crippen LogP) is 3.02. The number of carbonyl (C=O) groups excluding carboxylic acids is 1. The summed E-state index contributed by atoms with van der Waals surface area (Å²) in [5, 5.41) is 4.56. The molecule has 0 bridgehead atoms. The number of aromatic nitrogens is 3. The van der Waals surface area contributed by atoms with Gasteiger partial charge in [0, 0.05) is 26.1 Å². The van der Waals surface area contributed by atoms with Gasteiger partial charge in [-0.05, 0) is 30.9 Å². The van der Waals surface area contributed by atoms with Crippen LogP contribution in [-0.4, -0.2) is 31.7 Å². The minimum absolute atomic E-state index is 0.0976. The molecule has 1 atom stereocenters. The maximum absolute atomic E-state index is 13.1. The summed E-state index contributed by atoms with van der Waals surface area (Å²) in [5.74, 6) is 0.769. The molecule has 0 N–H and O–H groups in total. The number of hydrogen-bond acceptors (Lipinski definition) is 3. The van der Waals surface area contributed by atoms with E-state index in [4.69, 9.17) is 0 Å². The van der Waals surface area contributed by atoms with Crippen molar-refractivity contribution in [1.29, 1.82) is 0 Å². The number of amides is 1. The van der Waals surface area contributed by atoms with Crippen LogP contribution in [0.1, 0.15) is 42.8 Å². The highest BCUT2D eigenvalue weighted by Crippen LogP contribution is 2.30. The normalized spacial score (nSPS) is 15.9. The van der Waals surface area contributed by atoms with Crippen LogP contribution in [0.2, 0.25) is 0 Å². The summed E-state index contributed by atoms with van der Waals surface area (Å²) in [7, 11) is 0. The highest BCUT2D eigenvalue weighted by molar-refractivity contribution is 5.77. The van der Waals surface area contributed by atoms with E-state index in [-0.39, 0.29) is 17.6 Å². The lowest BCUT2D eigenvalue weighted by atomic mass is 10.0. The summed E-state index contributed by atoms with van der Waals surface area (Å²) in [6, 6.07) is 19.8. The van der Waals surface area contributed by atoms with Crippen molar-refractivity contribution < 1.29 is 4.79 Å². The van der Waals surface area contributed by atoms with Crippen LogP contribution in [0.15, 0.2) is 65.5 Å². The van der Waals surface area contributed by atoms with E-state index in [0.717, 1.165) is 18.4 Å². The van der Waals surface area contributed by atoms with Gasteiger partial charge in [0.25, 0.3) is 0 Å². The van der Waals surface area contributed by atoms with E-state index in [2.05, 4.69) is 17.2 Å². The van der Waals surface area contributed by atoms with E-state index in [1.54, 1.807) is 4.57 Å². The number of benzene rings is 2. The molecule has 150 valence electrons. The second-order valence-electron chi connectivity index (χ2n) is 7.35. The average Bonchev–Trinajstić information content (AvgIpc) is 3.10. The molecular formula is C23H26N4O2. The van der Waals surface area contributed by atoms with Gasteiger partial charge in [0.15, 0.2) is 5.82 Å². The zero-order valence-electron chi connectivity index (χ0n) is 16.7. The van der Waals surface area contributed by atoms with Gasteiger partial charge in [0.2, 0.25) is 5.91 Å². The van der Waals surface area contributed by atoms with Gasteiger partial charge >= 0.3 is 5.69 Å². The third-order valence-corrected chi connectivity index (χ3v) is 5.51. The summed E-state index contributed by atoms with van der Waals surface area (Å²) in [5.41, 5.74) is 2.13. The molecule has 0 spiro atoms. The quantitative estimate of drug-likeness (QED) is 0.650. The van der Waals surface area contributed by atoms with Crippen molar-refractivity contribution in [2.24, 2.45) is 0 Å². The first-order chi connectivity index (χ1) is 14.2. The fourth-order valence-corrected chi connectivity index (χ4v) is 4.02. The molecule has 1 aliphatic rings. The molecule has 1 aromatic heterocycles. The van der Waals surface area contributed by atoms with E-state index in [9.17, 15) is 9.59 Å². The SMILES string of the molecule is CCn1nc2n(c1=O)CCN(C(=O)CCCc1ccccc1)C2c1ccccc1. The Bertz CT molecular complexity index is 1020. The largest absolute Gasteiger partial charge is 0.346 e. The van der Waals surface area contributed by atoms with Crippen LogP contribution in [-0.2, 0) is 24.3 Å². The summed E-state index contributed by atoms with van der Waals surface area (Å²) in [6.07, 6.45) is 2.17. The second kappa shape index (κ2) is 8.47. The molecule has 6 heteroatoms. The molecule has 0 radical (unpaired) electrons. The Kier molecular flexibility index (Phi) is 5.60. The van der Waals surface area contributed by atoms with Crippen molar-refractivity contribution in [3.63, 3.8) is 0 Å². The van der Waals surface area contributed by atoms with Crippen molar-refractivity contribution in [1.82, 2.24) is 19.2 Å². The van der Waals surface area contributed by atoms with Crippen LogP contribution < -0.4 is 5.69 Å². The Morgan fingerprint density at radius 1 is 1.03 bits per heavy atom. The molecule has 0 saturated heterocycles. The predicted molar refractivity (Wildman–Crippen MR) is 112 cm³/mol. The van der Waals surface area contributed by atoms with Crippen molar-refractivity contribution in [3.8, 4) is 0 Å². The van der Waals surface area contributed by atoms with Gasteiger partial charge < -0.3 is 4.90 Å². The fourth-order valence-electron chi connectivity index (χ4n) is 4.02. The van der Waals surface area contributed by atoms with Gasteiger partial charge in [0.05, 0.1) is 0 Å². The molecule has 0 fully saturated rings. The number of rotatable bonds is 6. The molecular weight excluding hydrogens is 364 g/mol. The first kappa shape index (κ1) is 19.2. The summed E-state index contributed by atoms with van der Waals surface area (Å²) in [6.45, 7) is 3.43. The first-order valence-electron chi connectivity index (χ1n) is 10.2. The van der Waals surface area contributed by atoms with Crippen LogP contribution in [0, 0.1) is 0 Å². The van der Waals surface area contributed by atoms with Crippen LogP contribution in [0.5, 0.6) is 0 Å². The smallest absolute Gasteiger partial charge is 0.327 e. The van der Waals surface area contributed by atoms with Crippen LogP contribution >= 0.6 is 0 Å². The number of hydrogen-bond donors (Lipinski definition) is 0. The lowest BCUT2D eigenvalue weighted by Gasteiger charge is -2.35. The monoisotopic (exact) mass is 390 g/mol. The van der Waals surface area contributed by atoms with E-state index in [0.29, 0.717) is 31.9 Å². The molecule has 2 heterocycles. The lowest BCUT2D eigenvalue weighted by Crippen LogP contribution is -2.44. The number of aryl methyl sites for hydroxylation is 2. The van der Waals surface area contributed by atoms with E-state index >= 15 is 0 Å². The highest BCUT2D eigenvalue weighted by Gasteiger charge is 2.35. The zero-order valence-corrected chi connectivity index (χ0v) is 16.7. The molecule has 2 aromatic carbocycles. The maximum Gasteiger partial charge on any atom is 0.346 e. The van der Waals surface area contributed by atoms with Gasteiger partial charge in [-0.15, -0.1) is 0 Å². The molecule has 6 nitrogen and oxygen atoms in total. The Labute approximate surface area is 170 Å². The lowest BCUT2D eigenvalue weighted by molar-refractivity contribution is -0.134. The van der Waals surface area contributed by atoms with Crippen LogP contribution in [0.3, 0.4) is 0 Å². The van der Waals surface area contributed by atoms with Gasteiger partial charge in [0.1, 0.15) is 6.04 Å². The number of fused-ring (bicyclic) bond motifs is 1. The fraction of sp³-hybridized carbons (Fsp3) is 0.348. The minimum Gasteiger partial charge on any atom is -0.327 e. The molecule has 1 amide bonds. The van der Waals surface area contributed by atoms with Gasteiger partial charge in [-0.2, -0.15) is 5.10 Å². The van der Waals surface area contributed by atoms with Gasteiger partial charge in [-0.1, -0.05) is 60.7 Å². The number of carbonyl (C=O) groups is 1. The molecule has 1 unspecified atom stereocenters. The Balaban J connectivity index is 1.58. The van der Waals surface area contributed by atoms with Crippen molar-refractivity contribution in [2.45, 2.75) is 45.3 Å². The van der Waals surface area contributed by atoms with Crippen LogP contribution in [0.4, 0.5) is 0 Å². The third-order valence-electron chi connectivity index (χ3n) is 5.51. The summed E-state index contributed by atoms with van der Waals surface area (Å²) < 4.78 is 3.20. The standard InChI is InChI=1S/C23H26N4O2/c1-2-27-23(29)26-17-16-25(20(28)15-9-12-18-10-5-3-6-11-18)21(22(26)24-27)19-13-7-4-8-14-19/h3-8,10-11,13-14,21H,2,9,12,15-17H2,1H3. The Morgan fingerprint density at radius 3 is 2.41 bits per heavy atom. The maximum atomic E-state index is 13.1. The first-order valence-corrected chi connectivity index (χ1v) is 10.2. The molecule has 0 saturated carbocycles. The molecule has 0 aliphatic carbocycles. The second-order valence-corrected chi connectivity index (χ2v) is 7.35. The zero-order chi connectivity index (χ0) is 20.2. The van der Waals surface area contributed by atoms with Crippen molar-refractivity contribution >= 4 is 5.91 Å². The average molecular weight is 390 g/mol. The topological polar surface area (TPSA) is 60.1 Å². The van der Waals surface area contributed by atoms with Crippen LogP contribution in [0.25, 0.3) is 0 Å². The minimum atomic E-state index is -0.324. The third kappa shape index (κ3) is 3.88. The summed E-state index contributed by atoms with van der Waals surface area (Å²) in [4.78, 5) is 27.6. The number of nitrogens with zero attached hydrogens (tertiary/aromatic N) is 4. The molecule has 3 aromatic rings. The van der Waals surface area contributed by atoms with Crippen molar-refractivity contribution in [3.05, 3.63) is 88.1 Å². The Morgan fingerprint density at radius 2 is 1.72 bits per heavy atom. The molecule has 4 rings (SSSR count). The van der Waals surface area contributed by atoms with E-state index in [1.165, 1.54) is 10.2 Å². The molecule has 29 heavy (non-hydrogen) atoms. The van der Waals surface area contributed by atoms with E-state index in [1.807, 2.05) is 60.4 Å². The van der Waals surface area contributed by atoms with Crippen molar-refractivity contribution in [2.75, 3.05) is 6.54 Å². The van der Waals surface area contributed by atoms with Gasteiger partial charge in [-0.25, -0.2) is 9.48 Å². The highest BCUT2D eigenvalue weighted by atomic mass is 16.2. The summed E-state index contributed by atoms with van der Waals surface area (Å²) >= 11 is 0.